The Kier molecular flexibility index (Phi) is 4.21. The van der Waals surface area contributed by atoms with Crippen molar-refractivity contribution in [1.82, 2.24) is 9.55 Å². The van der Waals surface area contributed by atoms with Gasteiger partial charge < -0.3 is 9.84 Å². The molecule has 4 heteroatoms. The summed E-state index contributed by atoms with van der Waals surface area (Å²) in [4.78, 5) is 4.53. The van der Waals surface area contributed by atoms with E-state index in [9.17, 15) is 5.11 Å². The van der Waals surface area contributed by atoms with E-state index < -0.39 is 5.60 Å². The summed E-state index contributed by atoms with van der Waals surface area (Å²) in [7, 11) is 1.67. The SMILES string of the molecule is COc1ccccc1-n1cnc2ccc(-c3ccc(C(C)(C)O)cc3)cc21. The minimum atomic E-state index is -0.842. The van der Waals surface area contributed by atoms with E-state index in [4.69, 9.17) is 4.74 Å². The van der Waals surface area contributed by atoms with Crippen molar-refractivity contribution in [3.63, 3.8) is 0 Å². The zero-order valence-corrected chi connectivity index (χ0v) is 15.7. The van der Waals surface area contributed by atoms with Crippen LogP contribution < -0.4 is 4.74 Å². The fourth-order valence-electron chi connectivity index (χ4n) is 3.28. The third-order valence-electron chi connectivity index (χ3n) is 4.82. The summed E-state index contributed by atoms with van der Waals surface area (Å²) >= 11 is 0. The second kappa shape index (κ2) is 6.56. The van der Waals surface area contributed by atoms with Gasteiger partial charge in [-0.1, -0.05) is 42.5 Å². The molecule has 0 amide bonds. The summed E-state index contributed by atoms with van der Waals surface area (Å²) in [6.45, 7) is 3.58. The van der Waals surface area contributed by atoms with Gasteiger partial charge in [0.2, 0.25) is 0 Å². The first-order chi connectivity index (χ1) is 13.0. The Labute approximate surface area is 158 Å². The van der Waals surface area contributed by atoms with Crippen LogP contribution in [0.15, 0.2) is 73.1 Å². The summed E-state index contributed by atoms with van der Waals surface area (Å²) in [5.41, 5.74) is 5.15. The molecule has 0 saturated heterocycles. The predicted molar refractivity (Wildman–Crippen MR) is 108 cm³/mol. The standard InChI is InChI=1S/C23H22N2O2/c1-23(2,26)18-11-8-16(9-12-18)17-10-13-19-21(14-17)25(15-24-19)20-6-4-5-7-22(20)27-3/h4-15,26H,1-3H3. The molecule has 0 bridgehead atoms. The first-order valence-electron chi connectivity index (χ1n) is 8.91. The van der Waals surface area contributed by atoms with Crippen LogP contribution in [0.1, 0.15) is 19.4 Å². The number of ether oxygens (including phenoxy) is 1. The van der Waals surface area contributed by atoms with E-state index in [1.807, 2.05) is 65.5 Å². The topological polar surface area (TPSA) is 47.3 Å². The number of rotatable bonds is 4. The molecule has 0 fully saturated rings. The number of imidazole rings is 1. The number of hydrogen-bond acceptors (Lipinski definition) is 3. The number of fused-ring (bicyclic) bond motifs is 1. The molecule has 136 valence electrons. The molecular weight excluding hydrogens is 336 g/mol. The lowest BCUT2D eigenvalue weighted by Crippen LogP contribution is -2.14. The van der Waals surface area contributed by atoms with Crippen LogP contribution in [0.25, 0.3) is 27.8 Å². The van der Waals surface area contributed by atoms with Crippen molar-refractivity contribution in [3.05, 3.63) is 78.6 Å². The van der Waals surface area contributed by atoms with Crippen molar-refractivity contribution in [3.8, 4) is 22.6 Å². The molecule has 0 radical (unpaired) electrons. The largest absolute Gasteiger partial charge is 0.495 e. The molecule has 4 rings (SSSR count). The fourth-order valence-corrected chi connectivity index (χ4v) is 3.28. The number of hydrogen-bond donors (Lipinski definition) is 1. The van der Waals surface area contributed by atoms with Crippen molar-refractivity contribution < 1.29 is 9.84 Å². The maximum Gasteiger partial charge on any atom is 0.142 e. The second-order valence-corrected chi connectivity index (χ2v) is 7.13. The van der Waals surface area contributed by atoms with Gasteiger partial charge in [0.25, 0.3) is 0 Å². The lowest BCUT2D eigenvalue weighted by Gasteiger charge is -2.18. The van der Waals surface area contributed by atoms with Crippen molar-refractivity contribution in [2.75, 3.05) is 7.11 Å². The normalized spacial score (nSPS) is 11.7. The highest BCUT2D eigenvalue weighted by Gasteiger charge is 2.15. The number of methoxy groups -OCH3 is 1. The first-order valence-corrected chi connectivity index (χ1v) is 8.91. The van der Waals surface area contributed by atoms with Crippen LogP contribution in [0.4, 0.5) is 0 Å². The molecule has 27 heavy (non-hydrogen) atoms. The van der Waals surface area contributed by atoms with Gasteiger partial charge in [0.05, 0.1) is 29.4 Å². The Morgan fingerprint density at radius 2 is 1.63 bits per heavy atom. The molecule has 4 aromatic rings. The maximum atomic E-state index is 10.2. The molecule has 0 aliphatic heterocycles. The third kappa shape index (κ3) is 3.20. The van der Waals surface area contributed by atoms with Gasteiger partial charge in [0.1, 0.15) is 12.1 Å². The smallest absolute Gasteiger partial charge is 0.142 e. The molecule has 0 unspecified atom stereocenters. The fraction of sp³-hybridized carbons (Fsp3) is 0.174. The molecule has 1 aromatic heterocycles. The van der Waals surface area contributed by atoms with E-state index in [2.05, 4.69) is 17.1 Å². The van der Waals surface area contributed by atoms with Gasteiger partial charge >= 0.3 is 0 Å². The lowest BCUT2D eigenvalue weighted by molar-refractivity contribution is 0.0786. The van der Waals surface area contributed by atoms with Crippen molar-refractivity contribution in [2.45, 2.75) is 19.4 Å². The minimum absolute atomic E-state index is 0.803. The van der Waals surface area contributed by atoms with Crippen LogP contribution >= 0.6 is 0 Å². The van der Waals surface area contributed by atoms with Crippen LogP contribution in [0.5, 0.6) is 5.75 Å². The zero-order chi connectivity index (χ0) is 19.0. The molecule has 0 aliphatic rings. The molecule has 4 nitrogen and oxygen atoms in total. The van der Waals surface area contributed by atoms with E-state index in [0.29, 0.717) is 0 Å². The Morgan fingerprint density at radius 3 is 2.33 bits per heavy atom. The summed E-state index contributed by atoms with van der Waals surface area (Å²) in [5, 5.41) is 10.2. The van der Waals surface area contributed by atoms with Crippen LogP contribution in [0.3, 0.4) is 0 Å². The molecule has 0 aliphatic carbocycles. The summed E-state index contributed by atoms with van der Waals surface area (Å²) in [6.07, 6.45) is 1.82. The number of aliphatic hydroxyl groups is 1. The highest BCUT2D eigenvalue weighted by molar-refractivity contribution is 5.84. The van der Waals surface area contributed by atoms with Crippen molar-refractivity contribution >= 4 is 11.0 Å². The molecule has 3 aromatic carbocycles. The van der Waals surface area contributed by atoms with Crippen LogP contribution in [0.2, 0.25) is 0 Å². The quantitative estimate of drug-likeness (QED) is 0.563. The summed E-state index contributed by atoms with van der Waals surface area (Å²) in [6, 6.07) is 22.2. The third-order valence-corrected chi connectivity index (χ3v) is 4.82. The van der Waals surface area contributed by atoms with Crippen molar-refractivity contribution in [2.24, 2.45) is 0 Å². The highest BCUT2D eigenvalue weighted by atomic mass is 16.5. The molecule has 0 spiro atoms. The minimum Gasteiger partial charge on any atom is -0.495 e. The summed E-state index contributed by atoms with van der Waals surface area (Å²) < 4.78 is 7.55. The molecule has 1 N–H and O–H groups in total. The monoisotopic (exact) mass is 358 g/mol. The number of nitrogens with zero attached hydrogens (tertiary/aromatic N) is 2. The predicted octanol–water partition coefficient (Wildman–Crippen LogP) is 4.93. The van der Waals surface area contributed by atoms with E-state index in [1.165, 1.54) is 0 Å². The molecule has 0 saturated carbocycles. The van der Waals surface area contributed by atoms with Gasteiger partial charge in [-0.2, -0.15) is 0 Å². The first kappa shape index (κ1) is 17.3. The average molecular weight is 358 g/mol. The number of aromatic nitrogens is 2. The Hall–Kier alpha value is -3.11. The van der Waals surface area contributed by atoms with E-state index >= 15 is 0 Å². The summed E-state index contributed by atoms with van der Waals surface area (Å²) in [5.74, 6) is 0.803. The van der Waals surface area contributed by atoms with Crippen LogP contribution in [-0.2, 0) is 5.60 Å². The second-order valence-electron chi connectivity index (χ2n) is 7.13. The zero-order valence-electron chi connectivity index (χ0n) is 15.7. The van der Waals surface area contributed by atoms with E-state index in [-0.39, 0.29) is 0 Å². The molecule has 0 atom stereocenters. The molecular formula is C23H22N2O2. The highest BCUT2D eigenvalue weighted by Crippen LogP contribution is 2.30. The van der Waals surface area contributed by atoms with Gasteiger partial charge in [0, 0.05) is 0 Å². The van der Waals surface area contributed by atoms with Crippen LogP contribution in [0, 0.1) is 0 Å². The average Bonchev–Trinajstić information content (AvgIpc) is 3.10. The Bertz CT molecular complexity index is 1090. The molecule has 1 heterocycles. The van der Waals surface area contributed by atoms with Gasteiger partial charge in [-0.25, -0.2) is 4.98 Å². The van der Waals surface area contributed by atoms with E-state index in [0.717, 1.165) is 39.2 Å². The van der Waals surface area contributed by atoms with E-state index in [1.54, 1.807) is 21.0 Å². The van der Waals surface area contributed by atoms with Crippen molar-refractivity contribution in [1.29, 1.82) is 0 Å². The van der Waals surface area contributed by atoms with Gasteiger partial charge in [-0.15, -0.1) is 0 Å². The lowest BCUT2D eigenvalue weighted by atomic mass is 9.95. The Balaban J connectivity index is 1.81. The van der Waals surface area contributed by atoms with Gasteiger partial charge in [0.15, 0.2) is 0 Å². The number of para-hydroxylation sites is 2. The van der Waals surface area contributed by atoms with Gasteiger partial charge in [-0.3, -0.25) is 4.57 Å². The Morgan fingerprint density at radius 1 is 0.926 bits per heavy atom. The maximum absolute atomic E-state index is 10.2. The van der Waals surface area contributed by atoms with Crippen LogP contribution in [-0.4, -0.2) is 21.8 Å². The number of benzene rings is 3. The van der Waals surface area contributed by atoms with Gasteiger partial charge in [-0.05, 0) is 54.8 Å².